The van der Waals surface area contributed by atoms with Gasteiger partial charge >= 0.3 is 5.97 Å². The number of esters is 1. The fourth-order valence-corrected chi connectivity index (χ4v) is 2.23. The molecule has 1 aliphatic rings. The molecule has 0 aliphatic heterocycles. The van der Waals surface area contributed by atoms with E-state index in [1.54, 1.807) is 24.3 Å². The van der Waals surface area contributed by atoms with Crippen molar-refractivity contribution in [2.75, 3.05) is 6.61 Å². The van der Waals surface area contributed by atoms with Crippen molar-refractivity contribution in [3.05, 3.63) is 34.3 Å². The summed E-state index contributed by atoms with van der Waals surface area (Å²) in [7, 11) is 0. The van der Waals surface area contributed by atoms with E-state index in [0.29, 0.717) is 16.0 Å². The average Bonchev–Trinajstić information content (AvgIpc) is 3.19. The van der Waals surface area contributed by atoms with E-state index in [0.717, 1.165) is 6.42 Å². The highest BCUT2D eigenvalue weighted by Gasteiger charge is 2.40. The summed E-state index contributed by atoms with van der Waals surface area (Å²) in [5, 5.41) is 0. The van der Waals surface area contributed by atoms with Gasteiger partial charge in [-0.25, -0.2) is 0 Å². The third-order valence-corrected chi connectivity index (χ3v) is 3.88. The van der Waals surface area contributed by atoms with Crippen LogP contribution < -0.4 is 10.9 Å². The summed E-state index contributed by atoms with van der Waals surface area (Å²) in [6, 6.07) is 6.81. The summed E-state index contributed by atoms with van der Waals surface area (Å²) < 4.78 is 5.46. The largest absolute Gasteiger partial charge is 0.455 e. The number of halogens is 1. The van der Waals surface area contributed by atoms with Crippen LogP contribution in [0.4, 0.5) is 0 Å². The number of hydrazine groups is 1. The maximum atomic E-state index is 11.8. The number of ether oxygens (including phenoxy) is 1. The van der Waals surface area contributed by atoms with Gasteiger partial charge in [0.2, 0.25) is 0 Å². The molecule has 1 aromatic carbocycles. The molecule has 0 aromatic heterocycles. The molecule has 1 aromatic rings. The van der Waals surface area contributed by atoms with Gasteiger partial charge in [0.25, 0.3) is 11.8 Å². The van der Waals surface area contributed by atoms with Crippen molar-refractivity contribution in [2.24, 2.45) is 11.8 Å². The molecular weight excluding hydrogens is 340 g/mol. The van der Waals surface area contributed by atoms with Crippen LogP contribution in [0.1, 0.15) is 23.7 Å². The van der Waals surface area contributed by atoms with Gasteiger partial charge in [-0.15, -0.1) is 0 Å². The van der Waals surface area contributed by atoms with Crippen LogP contribution in [0.2, 0.25) is 0 Å². The van der Waals surface area contributed by atoms with Crippen LogP contribution in [-0.2, 0) is 14.3 Å². The quantitative estimate of drug-likeness (QED) is 0.632. The summed E-state index contributed by atoms with van der Waals surface area (Å²) in [4.78, 5) is 34.7. The number of rotatable bonds is 4. The summed E-state index contributed by atoms with van der Waals surface area (Å²) >= 11 is 3.24. The zero-order valence-corrected chi connectivity index (χ0v) is 13.0. The molecule has 2 amide bonds. The lowest BCUT2D eigenvalue weighted by molar-refractivity contribution is -0.150. The minimum atomic E-state index is -0.586. The molecule has 21 heavy (non-hydrogen) atoms. The summed E-state index contributed by atoms with van der Waals surface area (Å²) in [5.41, 5.74) is 4.85. The molecule has 0 saturated heterocycles. The highest BCUT2D eigenvalue weighted by molar-refractivity contribution is 9.10. The van der Waals surface area contributed by atoms with Gasteiger partial charge in [-0.1, -0.05) is 19.1 Å². The average molecular weight is 355 g/mol. The Morgan fingerprint density at radius 1 is 1.29 bits per heavy atom. The van der Waals surface area contributed by atoms with Crippen molar-refractivity contribution in [3.8, 4) is 0 Å². The number of carbonyl (C=O) groups is 3. The molecular formula is C14H15BrN2O4. The molecule has 112 valence electrons. The molecule has 2 atom stereocenters. The molecule has 0 spiro atoms. The van der Waals surface area contributed by atoms with Crippen molar-refractivity contribution in [2.45, 2.75) is 13.3 Å². The zero-order chi connectivity index (χ0) is 15.4. The van der Waals surface area contributed by atoms with E-state index < -0.39 is 18.4 Å². The van der Waals surface area contributed by atoms with Gasteiger partial charge in [0.1, 0.15) is 0 Å². The van der Waals surface area contributed by atoms with Crippen LogP contribution in [-0.4, -0.2) is 24.4 Å². The van der Waals surface area contributed by atoms with Gasteiger partial charge in [0.15, 0.2) is 6.61 Å². The molecule has 0 unspecified atom stereocenters. The molecule has 0 bridgehead atoms. The smallest absolute Gasteiger partial charge is 0.309 e. The summed E-state index contributed by atoms with van der Waals surface area (Å²) in [6.45, 7) is 1.54. The first-order valence-electron chi connectivity index (χ1n) is 6.49. The summed E-state index contributed by atoms with van der Waals surface area (Å²) in [6.07, 6.45) is 0.805. The Morgan fingerprint density at radius 3 is 2.57 bits per heavy atom. The molecule has 6 nitrogen and oxygen atoms in total. The van der Waals surface area contributed by atoms with E-state index >= 15 is 0 Å². The number of amides is 2. The fraction of sp³-hybridized carbons (Fsp3) is 0.357. The zero-order valence-electron chi connectivity index (χ0n) is 11.4. The van der Waals surface area contributed by atoms with Gasteiger partial charge in [-0.05, 0) is 40.4 Å². The predicted molar refractivity (Wildman–Crippen MR) is 78.0 cm³/mol. The van der Waals surface area contributed by atoms with Crippen molar-refractivity contribution >= 4 is 33.7 Å². The molecule has 0 heterocycles. The first-order chi connectivity index (χ1) is 9.99. The van der Waals surface area contributed by atoms with Crippen LogP contribution in [0.3, 0.4) is 0 Å². The van der Waals surface area contributed by atoms with E-state index in [2.05, 4.69) is 26.8 Å². The van der Waals surface area contributed by atoms with Gasteiger partial charge in [0, 0.05) is 4.47 Å². The van der Waals surface area contributed by atoms with Crippen molar-refractivity contribution in [1.82, 2.24) is 10.9 Å². The van der Waals surface area contributed by atoms with E-state index in [4.69, 9.17) is 4.74 Å². The second-order valence-electron chi connectivity index (χ2n) is 4.91. The minimum Gasteiger partial charge on any atom is -0.455 e. The second kappa shape index (κ2) is 6.71. The monoisotopic (exact) mass is 354 g/mol. The number of nitrogens with one attached hydrogen (secondary N) is 2. The highest BCUT2D eigenvalue weighted by Crippen LogP contribution is 2.38. The SMILES string of the molecule is C[C@H]1C[C@H]1C(=O)OCC(=O)NNC(=O)c1ccccc1Br. The number of benzene rings is 1. The Labute approximate surface area is 130 Å². The molecule has 1 fully saturated rings. The van der Waals surface area contributed by atoms with Crippen LogP contribution in [0.15, 0.2) is 28.7 Å². The Bertz CT molecular complexity index is 576. The van der Waals surface area contributed by atoms with Gasteiger partial charge in [-0.2, -0.15) is 0 Å². The maximum Gasteiger partial charge on any atom is 0.309 e. The third kappa shape index (κ3) is 4.29. The highest BCUT2D eigenvalue weighted by atomic mass is 79.9. The van der Waals surface area contributed by atoms with E-state index in [-0.39, 0.29) is 11.9 Å². The van der Waals surface area contributed by atoms with Crippen LogP contribution in [0.5, 0.6) is 0 Å². The van der Waals surface area contributed by atoms with Crippen molar-refractivity contribution in [3.63, 3.8) is 0 Å². The van der Waals surface area contributed by atoms with Gasteiger partial charge in [-0.3, -0.25) is 25.2 Å². The Kier molecular flexibility index (Phi) is 4.95. The number of carbonyl (C=O) groups excluding carboxylic acids is 3. The topological polar surface area (TPSA) is 84.5 Å². The molecule has 1 saturated carbocycles. The predicted octanol–water partition coefficient (Wildman–Crippen LogP) is 1.41. The Balaban J connectivity index is 1.72. The van der Waals surface area contributed by atoms with E-state index in [9.17, 15) is 14.4 Å². The molecule has 2 rings (SSSR count). The van der Waals surface area contributed by atoms with Crippen LogP contribution >= 0.6 is 15.9 Å². The lowest BCUT2D eigenvalue weighted by Crippen LogP contribution is -2.43. The fourth-order valence-electron chi connectivity index (χ4n) is 1.77. The first kappa shape index (κ1) is 15.5. The molecule has 2 N–H and O–H groups in total. The standard InChI is InChI=1S/C14H15BrN2O4/c1-8-6-10(8)14(20)21-7-12(18)16-17-13(19)9-4-2-3-5-11(9)15/h2-5,8,10H,6-7H2,1H3,(H,16,18)(H,17,19)/t8-,10+/m0/s1. The lowest BCUT2D eigenvalue weighted by atomic mass is 10.2. The van der Waals surface area contributed by atoms with Gasteiger partial charge in [0.05, 0.1) is 11.5 Å². The minimum absolute atomic E-state index is 0.0901. The number of hydrogen-bond acceptors (Lipinski definition) is 4. The lowest BCUT2D eigenvalue weighted by Gasteiger charge is -2.08. The van der Waals surface area contributed by atoms with Crippen LogP contribution in [0.25, 0.3) is 0 Å². The summed E-state index contributed by atoms with van der Waals surface area (Å²) in [5.74, 6) is -1.17. The van der Waals surface area contributed by atoms with Crippen LogP contribution in [0, 0.1) is 11.8 Å². The maximum absolute atomic E-state index is 11.8. The normalized spacial score (nSPS) is 19.5. The van der Waals surface area contributed by atoms with E-state index in [1.165, 1.54) is 0 Å². The molecule has 0 radical (unpaired) electrons. The second-order valence-corrected chi connectivity index (χ2v) is 5.76. The van der Waals surface area contributed by atoms with Crippen molar-refractivity contribution < 1.29 is 19.1 Å². The Morgan fingerprint density at radius 2 is 1.95 bits per heavy atom. The van der Waals surface area contributed by atoms with Crippen molar-refractivity contribution in [1.29, 1.82) is 0 Å². The first-order valence-corrected chi connectivity index (χ1v) is 7.28. The Hall–Kier alpha value is -1.89. The molecule has 1 aliphatic carbocycles. The molecule has 7 heteroatoms. The van der Waals surface area contributed by atoms with E-state index in [1.807, 2.05) is 6.92 Å². The number of hydrogen-bond donors (Lipinski definition) is 2. The third-order valence-electron chi connectivity index (χ3n) is 3.19. The van der Waals surface area contributed by atoms with Gasteiger partial charge < -0.3 is 4.74 Å².